The van der Waals surface area contributed by atoms with Crippen LogP contribution in [0.3, 0.4) is 0 Å². The fraction of sp³-hybridized carbons (Fsp3) is 0.238. The molecule has 3 rings (SSSR count). The zero-order valence-corrected chi connectivity index (χ0v) is 17.3. The van der Waals surface area contributed by atoms with Gasteiger partial charge in [0.15, 0.2) is 11.5 Å². The van der Waals surface area contributed by atoms with Gasteiger partial charge in [-0.25, -0.2) is 9.37 Å². The van der Waals surface area contributed by atoms with Crippen LogP contribution in [-0.2, 0) is 0 Å². The molecule has 6 nitrogen and oxygen atoms in total. The summed E-state index contributed by atoms with van der Waals surface area (Å²) < 4.78 is 29.6. The lowest BCUT2D eigenvalue weighted by molar-refractivity contribution is 0.275. The molecule has 0 spiro atoms. The first kappa shape index (κ1) is 20.6. The summed E-state index contributed by atoms with van der Waals surface area (Å²) in [5.74, 6) is 1.45. The van der Waals surface area contributed by atoms with Crippen LogP contribution in [0.1, 0.15) is 18.9 Å². The van der Waals surface area contributed by atoms with E-state index in [0.29, 0.717) is 29.0 Å². The number of hydrazone groups is 1. The first-order chi connectivity index (χ1) is 14.1. The van der Waals surface area contributed by atoms with Crippen LogP contribution in [0.4, 0.5) is 9.52 Å². The van der Waals surface area contributed by atoms with Gasteiger partial charge in [0, 0.05) is 16.5 Å². The van der Waals surface area contributed by atoms with E-state index in [9.17, 15) is 4.39 Å². The number of hydrogen-bond acceptors (Lipinski definition) is 7. The molecule has 0 saturated heterocycles. The van der Waals surface area contributed by atoms with Crippen LogP contribution in [0, 0.1) is 5.82 Å². The third kappa shape index (κ3) is 5.23. The van der Waals surface area contributed by atoms with Gasteiger partial charge in [0.1, 0.15) is 5.82 Å². The molecule has 0 saturated carbocycles. The molecule has 152 valence electrons. The molecule has 0 aliphatic carbocycles. The maximum Gasteiger partial charge on any atom is 0.203 e. The molecule has 0 radical (unpaired) electrons. The fourth-order valence-electron chi connectivity index (χ4n) is 2.56. The van der Waals surface area contributed by atoms with Crippen molar-refractivity contribution in [2.75, 3.05) is 26.3 Å². The second-order valence-electron chi connectivity index (χ2n) is 6.02. The number of methoxy groups -OCH3 is 2. The van der Waals surface area contributed by atoms with Crippen molar-refractivity contribution in [2.45, 2.75) is 13.3 Å². The van der Waals surface area contributed by atoms with Gasteiger partial charge in [0.2, 0.25) is 10.9 Å². The first-order valence-corrected chi connectivity index (χ1v) is 9.92. The van der Waals surface area contributed by atoms with Gasteiger partial charge < -0.3 is 14.2 Å². The molecule has 1 heterocycles. The number of aromatic nitrogens is 1. The number of nitrogens with zero attached hydrogens (tertiary/aromatic N) is 2. The van der Waals surface area contributed by atoms with Crippen molar-refractivity contribution in [1.29, 1.82) is 0 Å². The molecule has 0 aliphatic heterocycles. The Morgan fingerprint density at radius 3 is 2.45 bits per heavy atom. The number of thiazole rings is 1. The van der Waals surface area contributed by atoms with Crippen LogP contribution in [-0.4, -0.2) is 32.0 Å². The van der Waals surface area contributed by atoms with Crippen LogP contribution >= 0.6 is 11.3 Å². The summed E-state index contributed by atoms with van der Waals surface area (Å²) in [6.07, 6.45) is 2.53. The molecule has 1 N–H and O–H groups in total. The molecule has 0 aliphatic rings. The standard InChI is InChI=1S/C21H22FN3O3S/c1-4-9-28-20-18(26-2)10-14(11-19(20)27-3)12-23-25-21-24-17(13-29-21)15-5-7-16(22)8-6-15/h5-8,10-13H,4,9H2,1-3H3,(H,24,25)/b23-12-. The highest BCUT2D eigenvalue weighted by atomic mass is 32.1. The third-order valence-electron chi connectivity index (χ3n) is 3.95. The van der Waals surface area contributed by atoms with Gasteiger partial charge in [-0.2, -0.15) is 5.10 Å². The van der Waals surface area contributed by atoms with Crippen LogP contribution < -0.4 is 19.6 Å². The predicted octanol–water partition coefficient (Wildman–Crippen LogP) is 5.20. The molecule has 0 fully saturated rings. The lowest BCUT2D eigenvalue weighted by Crippen LogP contribution is -2.01. The lowest BCUT2D eigenvalue weighted by Gasteiger charge is -2.14. The fourth-order valence-corrected chi connectivity index (χ4v) is 3.23. The number of benzene rings is 2. The molecular formula is C21H22FN3O3S. The molecule has 8 heteroatoms. The second kappa shape index (κ2) is 9.88. The number of ether oxygens (including phenoxy) is 3. The van der Waals surface area contributed by atoms with Crippen molar-refractivity contribution >= 4 is 22.7 Å². The summed E-state index contributed by atoms with van der Waals surface area (Å²) >= 11 is 1.41. The Hall–Kier alpha value is -3.13. The molecule has 1 aromatic heterocycles. The molecular weight excluding hydrogens is 393 g/mol. The van der Waals surface area contributed by atoms with Gasteiger partial charge in [0.25, 0.3) is 0 Å². The van der Waals surface area contributed by atoms with E-state index in [1.165, 1.54) is 23.5 Å². The SMILES string of the molecule is CCCOc1c(OC)cc(/C=N\Nc2nc(-c3ccc(F)cc3)cs2)cc1OC. The van der Waals surface area contributed by atoms with Crippen molar-refractivity contribution in [2.24, 2.45) is 5.10 Å². The van der Waals surface area contributed by atoms with E-state index >= 15 is 0 Å². The smallest absolute Gasteiger partial charge is 0.203 e. The highest BCUT2D eigenvalue weighted by Crippen LogP contribution is 2.38. The maximum absolute atomic E-state index is 13.1. The Balaban J connectivity index is 1.72. The number of nitrogens with one attached hydrogen (secondary N) is 1. The van der Waals surface area contributed by atoms with Crippen LogP contribution in [0.2, 0.25) is 0 Å². The Labute approximate surface area is 173 Å². The summed E-state index contributed by atoms with van der Waals surface area (Å²) in [4.78, 5) is 4.46. The summed E-state index contributed by atoms with van der Waals surface area (Å²) in [5, 5.41) is 6.75. The minimum atomic E-state index is -0.274. The number of hydrogen-bond donors (Lipinski definition) is 1. The minimum Gasteiger partial charge on any atom is -0.493 e. The Morgan fingerprint density at radius 2 is 1.83 bits per heavy atom. The quantitative estimate of drug-likeness (QED) is 0.384. The monoisotopic (exact) mass is 415 g/mol. The van der Waals surface area contributed by atoms with Gasteiger partial charge in [-0.05, 0) is 42.8 Å². The summed E-state index contributed by atoms with van der Waals surface area (Å²) in [7, 11) is 3.17. The van der Waals surface area contributed by atoms with Crippen molar-refractivity contribution in [3.05, 3.63) is 53.2 Å². The molecule has 29 heavy (non-hydrogen) atoms. The number of halogens is 1. The van der Waals surface area contributed by atoms with Crippen molar-refractivity contribution < 1.29 is 18.6 Å². The topological polar surface area (TPSA) is 65.0 Å². The summed E-state index contributed by atoms with van der Waals surface area (Å²) in [6, 6.07) is 9.86. The lowest BCUT2D eigenvalue weighted by atomic mass is 10.2. The summed E-state index contributed by atoms with van der Waals surface area (Å²) in [5.41, 5.74) is 5.29. The van der Waals surface area contributed by atoms with Gasteiger partial charge in [0.05, 0.1) is 32.7 Å². The van der Waals surface area contributed by atoms with Gasteiger partial charge in [-0.3, -0.25) is 5.43 Å². The average Bonchev–Trinajstić information content (AvgIpc) is 3.21. The predicted molar refractivity (Wildman–Crippen MR) is 114 cm³/mol. The zero-order valence-electron chi connectivity index (χ0n) is 16.4. The molecule has 0 unspecified atom stereocenters. The Kier molecular flexibility index (Phi) is 7.02. The molecule has 0 atom stereocenters. The Morgan fingerprint density at radius 1 is 1.14 bits per heavy atom. The van der Waals surface area contributed by atoms with Gasteiger partial charge in [-0.1, -0.05) is 6.92 Å². The Bertz CT molecular complexity index is 949. The highest BCUT2D eigenvalue weighted by Gasteiger charge is 2.13. The van der Waals surface area contributed by atoms with Crippen LogP contribution in [0.25, 0.3) is 11.3 Å². The highest BCUT2D eigenvalue weighted by molar-refractivity contribution is 7.14. The number of rotatable bonds is 9. The third-order valence-corrected chi connectivity index (χ3v) is 4.70. The van der Waals surface area contributed by atoms with Gasteiger partial charge >= 0.3 is 0 Å². The molecule has 0 amide bonds. The maximum atomic E-state index is 13.1. The van der Waals surface area contributed by atoms with Crippen LogP contribution in [0.15, 0.2) is 46.9 Å². The molecule has 2 aromatic carbocycles. The second-order valence-corrected chi connectivity index (χ2v) is 6.88. The van der Waals surface area contributed by atoms with E-state index < -0.39 is 0 Å². The summed E-state index contributed by atoms with van der Waals surface area (Å²) in [6.45, 7) is 2.61. The van der Waals surface area contributed by atoms with E-state index in [2.05, 4.69) is 15.5 Å². The van der Waals surface area contributed by atoms with E-state index in [0.717, 1.165) is 23.2 Å². The van der Waals surface area contributed by atoms with E-state index in [4.69, 9.17) is 14.2 Å². The number of anilines is 1. The zero-order chi connectivity index (χ0) is 20.6. The van der Waals surface area contributed by atoms with E-state index in [-0.39, 0.29) is 5.82 Å². The normalized spacial score (nSPS) is 10.9. The van der Waals surface area contributed by atoms with E-state index in [1.807, 2.05) is 24.4 Å². The van der Waals surface area contributed by atoms with E-state index in [1.54, 1.807) is 32.6 Å². The molecule has 0 bridgehead atoms. The van der Waals surface area contributed by atoms with Gasteiger partial charge in [-0.15, -0.1) is 11.3 Å². The first-order valence-electron chi connectivity index (χ1n) is 9.04. The average molecular weight is 415 g/mol. The van der Waals surface area contributed by atoms with Crippen molar-refractivity contribution in [1.82, 2.24) is 4.98 Å². The van der Waals surface area contributed by atoms with Crippen molar-refractivity contribution in [3.63, 3.8) is 0 Å². The minimum absolute atomic E-state index is 0.274. The van der Waals surface area contributed by atoms with Crippen molar-refractivity contribution in [3.8, 4) is 28.5 Å². The largest absolute Gasteiger partial charge is 0.493 e. The van der Waals surface area contributed by atoms with Crippen LogP contribution in [0.5, 0.6) is 17.2 Å². The molecule has 3 aromatic rings.